The third-order valence-electron chi connectivity index (χ3n) is 4.81. The average Bonchev–Trinajstić information content (AvgIpc) is 2.71. The van der Waals surface area contributed by atoms with Crippen molar-refractivity contribution in [3.05, 3.63) is 40.8 Å². The van der Waals surface area contributed by atoms with Gasteiger partial charge in [-0.05, 0) is 32.0 Å². The van der Waals surface area contributed by atoms with Crippen molar-refractivity contribution < 1.29 is 31.1 Å². The summed E-state index contributed by atoms with van der Waals surface area (Å²) < 4.78 is 71.6. The van der Waals surface area contributed by atoms with Crippen LogP contribution in [0.15, 0.2) is 12.3 Å². The Hall–Kier alpha value is -2.93. The molecule has 3 N–H and O–H groups in total. The summed E-state index contributed by atoms with van der Waals surface area (Å²) in [7, 11) is -2.78. The number of benzene rings is 1. The van der Waals surface area contributed by atoms with Gasteiger partial charge in [0.2, 0.25) is 27.6 Å². The number of sulfonamides is 1. The van der Waals surface area contributed by atoms with Gasteiger partial charge in [-0.15, -0.1) is 0 Å². The predicted molar refractivity (Wildman–Crippen MR) is 106 cm³/mol. The number of halogens is 3. The number of hydrogen-bond donors (Lipinski definition) is 2. The highest BCUT2D eigenvalue weighted by molar-refractivity contribution is 7.92. The Bertz CT molecular complexity index is 1120. The fourth-order valence-electron chi connectivity index (χ4n) is 3.38. The first kappa shape index (κ1) is 22.7. The third kappa shape index (κ3) is 4.42. The molecule has 0 unspecified atom stereocenters. The monoisotopic (exact) mass is 459 g/mol. The first-order valence-corrected chi connectivity index (χ1v) is 11.0. The number of rotatable bonds is 6. The van der Waals surface area contributed by atoms with Crippen molar-refractivity contribution in [1.29, 1.82) is 0 Å². The molecule has 1 saturated heterocycles. The molecule has 2 heterocycles. The van der Waals surface area contributed by atoms with Gasteiger partial charge in [-0.1, -0.05) is 0 Å². The lowest BCUT2D eigenvalue weighted by atomic mass is 10.0. The van der Waals surface area contributed by atoms with E-state index in [4.69, 9.17) is 10.5 Å². The van der Waals surface area contributed by atoms with E-state index >= 15 is 0 Å². The molecule has 1 aliphatic rings. The molecule has 0 saturated carbocycles. The highest BCUT2D eigenvalue weighted by Crippen LogP contribution is 2.30. The molecule has 1 aliphatic heterocycles. The zero-order valence-electron chi connectivity index (χ0n) is 16.7. The highest BCUT2D eigenvalue weighted by Gasteiger charge is 2.32. The van der Waals surface area contributed by atoms with Crippen LogP contribution < -0.4 is 20.1 Å². The number of nitrogen functional groups attached to an aromatic ring is 1. The smallest absolute Gasteiger partial charge is 0.241 e. The zero-order chi connectivity index (χ0) is 22.9. The van der Waals surface area contributed by atoms with Gasteiger partial charge in [-0.2, -0.15) is 9.37 Å². The van der Waals surface area contributed by atoms with Crippen molar-refractivity contribution >= 4 is 27.6 Å². The largest absolute Gasteiger partial charge is 0.493 e. The maximum atomic E-state index is 14.0. The Labute approximate surface area is 176 Å². The Morgan fingerprint density at radius 1 is 1.23 bits per heavy atom. The van der Waals surface area contributed by atoms with Crippen LogP contribution in [-0.2, 0) is 10.0 Å². The number of carbonyl (C=O) groups excluding carboxylic acids is 1. The molecule has 0 bridgehead atoms. The lowest BCUT2D eigenvalue weighted by Crippen LogP contribution is -2.46. The Morgan fingerprint density at radius 2 is 1.87 bits per heavy atom. The van der Waals surface area contributed by atoms with Crippen LogP contribution in [0.3, 0.4) is 0 Å². The van der Waals surface area contributed by atoms with E-state index in [9.17, 15) is 26.4 Å². The lowest BCUT2D eigenvalue weighted by Gasteiger charge is -2.32. The molecular weight excluding hydrogens is 439 g/mol. The first-order chi connectivity index (χ1) is 14.6. The minimum absolute atomic E-state index is 0.230. The molecule has 2 aromatic rings. The summed E-state index contributed by atoms with van der Waals surface area (Å²) in [6.45, 7) is 1.20. The van der Waals surface area contributed by atoms with E-state index in [1.807, 2.05) is 0 Å². The SMILES string of the molecule is COc1c(C(=O)c2cnc(N(C3CCNCC3)S(C)(=O)=O)nc2N)cc(F)c(F)c1F. The predicted octanol–water partition coefficient (Wildman–Crippen LogP) is 1.23. The zero-order valence-corrected chi connectivity index (χ0v) is 17.5. The van der Waals surface area contributed by atoms with Gasteiger partial charge in [-0.25, -0.2) is 26.5 Å². The summed E-state index contributed by atoms with van der Waals surface area (Å²) in [5.41, 5.74) is 4.88. The second-order valence-corrected chi connectivity index (χ2v) is 8.76. The number of nitrogens with one attached hydrogen (secondary N) is 1. The van der Waals surface area contributed by atoms with Crippen LogP contribution in [0, 0.1) is 17.5 Å². The summed E-state index contributed by atoms with van der Waals surface area (Å²) in [6, 6.07) is 0.0719. The van der Waals surface area contributed by atoms with Crippen molar-refractivity contribution in [3.8, 4) is 5.75 Å². The molecule has 1 aromatic heterocycles. The minimum atomic E-state index is -3.77. The van der Waals surface area contributed by atoms with E-state index in [1.54, 1.807) is 0 Å². The Morgan fingerprint density at radius 3 is 2.42 bits per heavy atom. The molecule has 13 heteroatoms. The van der Waals surface area contributed by atoms with Crippen molar-refractivity contribution in [2.24, 2.45) is 0 Å². The van der Waals surface area contributed by atoms with Crippen LogP contribution in [0.2, 0.25) is 0 Å². The van der Waals surface area contributed by atoms with Gasteiger partial charge >= 0.3 is 0 Å². The van der Waals surface area contributed by atoms with E-state index in [-0.39, 0.29) is 11.5 Å². The van der Waals surface area contributed by atoms with Gasteiger partial charge in [0.15, 0.2) is 17.4 Å². The molecule has 1 aromatic carbocycles. The molecule has 0 atom stereocenters. The van der Waals surface area contributed by atoms with E-state index in [1.165, 1.54) is 0 Å². The van der Waals surface area contributed by atoms with E-state index in [2.05, 4.69) is 15.3 Å². The Balaban J connectivity index is 2.03. The van der Waals surface area contributed by atoms with Crippen LogP contribution in [-0.4, -0.2) is 56.7 Å². The standard InChI is InChI=1S/C18H20F3N5O4S/c1-30-16-10(7-12(19)13(20)14(16)21)15(27)11-8-24-18(25-17(11)22)26(31(2,28)29)9-3-5-23-6-4-9/h7-9,23H,3-6H2,1-2H3,(H2,22,24,25). The molecule has 168 valence electrons. The number of carbonyl (C=O) groups is 1. The number of hydrogen-bond acceptors (Lipinski definition) is 8. The van der Waals surface area contributed by atoms with E-state index < -0.39 is 56.4 Å². The molecule has 0 amide bonds. The fourth-order valence-corrected chi connectivity index (χ4v) is 4.52. The topological polar surface area (TPSA) is 128 Å². The molecular formula is C18H20F3N5O4S. The summed E-state index contributed by atoms with van der Waals surface area (Å²) in [5, 5.41) is 3.12. The molecule has 0 radical (unpaired) electrons. The highest BCUT2D eigenvalue weighted by atomic mass is 32.2. The van der Waals surface area contributed by atoms with Crippen molar-refractivity contribution in [3.63, 3.8) is 0 Å². The van der Waals surface area contributed by atoms with Crippen LogP contribution >= 0.6 is 0 Å². The quantitative estimate of drug-likeness (QED) is 0.488. The van der Waals surface area contributed by atoms with Crippen LogP contribution in [0.5, 0.6) is 5.75 Å². The maximum absolute atomic E-state index is 14.0. The van der Waals surface area contributed by atoms with Crippen molar-refractivity contribution in [1.82, 2.24) is 15.3 Å². The Kier molecular flexibility index (Phi) is 6.36. The molecule has 0 spiro atoms. The number of ether oxygens (including phenoxy) is 1. The summed E-state index contributed by atoms with van der Waals surface area (Å²) in [6.07, 6.45) is 2.99. The number of methoxy groups -OCH3 is 1. The number of aromatic nitrogens is 2. The van der Waals surface area contributed by atoms with Gasteiger partial charge in [0.05, 0.1) is 30.5 Å². The van der Waals surface area contributed by atoms with Crippen LogP contribution in [0.25, 0.3) is 0 Å². The van der Waals surface area contributed by atoms with Gasteiger partial charge in [0.25, 0.3) is 0 Å². The summed E-state index contributed by atoms with van der Waals surface area (Å²) in [5.74, 6) is -7.52. The second-order valence-electron chi connectivity index (χ2n) is 6.91. The number of ketones is 1. The number of nitrogens with two attached hydrogens (primary N) is 1. The summed E-state index contributed by atoms with van der Waals surface area (Å²) >= 11 is 0. The van der Waals surface area contributed by atoms with E-state index in [0.717, 1.165) is 23.9 Å². The fraction of sp³-hybridized carbons (Fsp3) is 0.389. The van der Waals surface area contributed by atoms with Crippen LogP contribution in [0.1, 0.15) is 28.8 Å². The minimum Gasteiger partial charge on any atom is -0.493 e. The third-order valence-corrected chi connectivity index (χ3v) is 5.99. The number of piperidine rings is 1. The normalized spacial score (nSPS) is 15.0. The number of nitrogens with zero attached hydrogens (tertiary/aromatic N) is 3. The lowest BCUT2D eigenvalue weighted by molar-refractivity contribution is 0.103. The van der Waals surface area contributed by atoms with Crippen molar-refractivity contribution in [2.45, 2.75) is 18.9 Å². The average molecular weight is 459 g/mol. The van der Waals surface area contributed by atoms with E-state index in [0.29, 0.717) is 32.0 Å². The first-order valence-electron chi connectivity index (χ1n) is 9.15. The second kappa shape index (κ2) is 8.67. The molecule has 3 rings (SSSR count). The van der Waals surface area contributed by atoms with Gasteiger partial charge in [-0.3, -0.25) is 4.79 Å². The van der Waals surface area contributed by atoms with Gasteiger partial charge < -0.3 is 15.8 Å². The van der Waals surface area contributed by atoms with Crippen molar-refractivity contribution in [2.75, 3.05) is 36.5 Å². The molecule has 0 aliphatic carbocycles. The molecule has 1 fully saturated rings. The maximum Gasteiger partial charge on any atom is 0.241 e. The summed E-state index contributed by atoms with van der Waals surface area (Å²) in [4.78, 5) is 20.7. The van der Waals surface area contributed by atoms with Crippen LogP contribution in [0.4, 0.5) is 24.9 Å². The molecule has 9 nitrogen and oxygen atoms in total. The van der Waals surface area contributed by atoms with Gasteiger partial charge in [0.1, 0.15) is 5.82 Å². The molecule has 31 heavy (non-hydrogen) atoms. The van der Waals surface area contributed by atoms with Gasteiger partial charge in [0, 0.05) is 6.20 Å². The number of anilines is 2.